The summed E-state index contributed by atoms with van der Waals surface area (Å²) in [7, 11) is 0. The molecular weight excluding hydrogens is 240 g/mol. The molecule has 4 nitrogen and oxygen atoms in total. The van der Waals surface area contributed by atoms with Crippen LogP contribution in [0.4, 0.5) is 5.69 Å². The number of aromatic nitrogens is 1. The molecule has 100 valence electrons. The number of nitrogens with two attached hydrogens (primary N) is 1. The van der Waals surface area contributed by atoms with Crippen LogP contribution in [0.5, 0.6) is 17.4 Å². The van der Waals surface area contributed by atoms with Crippen LogP contribution in [0.3, 0.4) is 0 Å². The van der Waals surface area contributed by atoms with Crippen LogP contribution in [0.15, 0.2) is 36.5 Å². The van der Waals surface area contributed by atoms with Gasteiger partial charge < -0.3 is 15.2 Å². The van der Waals surface area contributed by atoms with Crippen molar-refractivity contribution < 1.29 is 9.47 Å². The predicted octanol–water partition coefficient (Wildman–Crippen LogP) is 3.55. The highest BCUT2D eigenvalue weighted by molar-refractivity contribution is 5.49. The normalized spacial score (nSPS) is 10.2. The number of aryl methyl sites for hydroxylation is 1. The number of hydrogen-bond acceptors (Lipinski definition) is 4. The smallest absolute Gasteiger partial charge is 0.262 e. The highest BCUT2D eigenvalue weighted by Crippen LogP contribution is 2.31. The van der Waals surface area contributed by atoms with Gasteiger partial charge in [-0.05, 0) is 49.2 Å². The third kappa shape index (κ3) is 3.37. The largest absolute Gasteiger partial charge is 0.488 e. The fourth-order valence-electron chi connectivity index (χ4n) is 1.67. The third-order valence-corrected chi connectivity index (χ3v) is 2.60. The zero-order chi connectivity index (χ0) is 13.7. The summed E-state index contributed by atoms with van der Waals surface area (Å²) >= 11 is 0. The molecule has 0 saturated heterocycles. The fraction of sp³-hybridized carbons (Fsp3) is 0.267. The molecule has 2 N–H and O–H groups in total. The molecule has 1 aromatic heterocycles. The second-order valence-corrected chi connectivity index (χ2v) is 4.28. The first-order valence-corrected chi connectivity index (χ1v) is 6.32. The Morgan fingerprint density at radius 3 is 2.79 bits per heavy atom. The zero-order valence-electron chi connectivity index (χ0n) is 11.2. The quantitative estimate of drug-likeness (QED) is 0.833. The van der Waals surface area contributed by atoms with E-state index in [0.717, 1.165) is 17.7 Å². The van der Waals surface area contributed by atoms with Gasteiger partial charge in [-0.25, -0.2) is 4.98 Å². The van der Waals surface area contributed by atoms with Gasteiger partial charge in [0, 0.05) is 11.9 Å². The minimum atomic E-state index is 0.476. The van der Waals surface area contributed by atoms with E-state index in [1.165, 1.54) is 0 Å². The van der Waals surface area contributed by atoms with E-state index in [4.69, 9.17) is 15.2 Å². The SMILES string of the molecule is CCCOc1cccnc1Oc1ccc(N)cc1C. The van der Waals surface area contributed by atoms with E-state index in [-0.39, 0.29) is 0 Å². The molecule has 0 amide bonds. The lowest BCUT2D eigenvalue weighted by Crippen LogP contribution is -1.99. The second kappa shape index (κ2) is 6.09. The van der Waals surface area contributed by atoms with E-state index in [0.29, 0.717) is 23.9 Å². The lowest BCUT2D eigenvalue weighted by Gasteiger charge is -2.12. The molecule has 2 rings (SSSR count). The Balaban J connectivity index is 2.22. The molecule has 4 heteroatoms. The molecule has 0 radical (unpaired) electrons. The van der Waals surface area contributed by atoms with Crippen molar-refractivity contribution in [1.82, 2.24) is 4.98 Å². The Hall–Kier alpha value is -2.23. The summed E-state index contributed by atoms with van der Waals surface area (Å²) in [6.07, 6.45) is 2.62. The molecule has 0 fully saturated rings. The van der Waals surface area contributed by atoms with Gasteiger partial charge in [-0.1, -0.05) is 6.92 Å². The van der Waals surface area contributed by atoms with Crippen LogP contribution >= 0.6 is 0 Å². The van der Waals surface area contributed by atoms with Crippen molar-refractivity contribution in [2.75, 3.05) is 12.3 Å². The molecule has 0 spiro atoms. The molecule has 2 aromatic rings. The first kappa shape index (κ1) is 13.2. The van der Waals surface area contributed by atoms with Gasteiger partial charge in [0.15, 0.2) is 5.75 Å². The Kier molecular flexibility index (Phi) is 4.23. The molecule has 0 atom stereocenters. The maximum Gasteiger partial charge on any atom is 0.262 e. The summed E-state index contributed by atoms with van der Waals surface area (Å²) in [5, 5.41) is 0. The Labute approximate surface area is 113 Å². The van der Waals surface area contributed by atoms with Crippen molar-refractivity contribution >= 4 is 5.69 Å². The monoisotopic (exact) mass is 258 g/mol. The highest BCUT2D eigenvalue weighted by atomic mass is 16.5. The standard InChI is InChI=1S/C15H18N2O2/c1-3-9-18-14-5-4-8-17-15(14)19-13-7-6-12(16)10-11(13)2/h4-8,10H,3,9,16H2,1-2H3. The zero-order valence-corrected chi connectivity index (χ0v) is 11.2. The predicted molar refractivity (Wildman–Crippen MR) is 75.7 cm³/mol. The van der Waals surface area contributed by atoms with Crippen molar-refractivity contribution in [2.45, 2.75) is 20.3 Å². The van der Waals surface area contributed by atoms with Crippen molar-refractivity contribution in [1.29, 1.82) is 0 Å². The van der Waals surface area contributed by atoms with Gasteiger partial charge in [0.05, 0.1) is 6.61 Å². The second-order valence-electron chi connectivity index (χ2n) is 4.28. The summed E-state index contributed by atoms with van der Waals surface area (Å²) in [6, 6.07) is 9.18. The number of nitrogens with zero attached hydrogens (tertiary/aromatic N) is 1. The van der Waals surface area contributed by atoms with E-state index in [1.54, 1.807) is 12.3 Å². The van der Waals surface area contributed by atoms with E-state index < -0.39 is 0 Å². The molecule has 19 heavy (non-hydrogen) atoms. The van der Waals surface area contributed by atoms with Crippen LogP contribution in [0.1, 0.15) is 18.9 Å². The number of nitrogen functional groups attached to an aromatic ring is 1. The summed E-state index contributed by atoms with van der Waals surface area (Å²) in [6.45, 7) is 4.64. The van der Waals surface area contributed by atoms with Crippen LogP contribution in [-0.4, -0.2) is 11.6 Å². The highest BCUT2D eigenvalue weighted by Gasteiger charge is 2.09. The minimum Gasteiger partial charge on any atom is -0.488 e. The van der Waals surface area contributed by atoms with Crippen LogP contribution in [0.25, 0.3) is 0 Å². The third-order valence-electron chi connectivity index (χ3n) is 2.60. The van der Waals surface area contributed by atoms with E-state index in [9.17, 15) is 0 Å². The number of pyridine rings is 1. The van der Waals surface area contributed by atoms with Crippen molar-refractivity contribution in [3.05, 3.63) is 42.1 Å². The van der Waals surface area contributed by atoms with Crippen molar-refractivity contribution in [3.63, 3.8) is 0 Å². The lowest BCUT2D eigenvalue weighted by molar-refractivity contribution is 0.298. The topological polar surface area (TPSA) is 57.4 Å². The molecule has 0 saturated carbocycles. The van der Waals surface area contributed by atoms with Crippen LogP contribution in [0, 0.1) is 6.92 Å². The molecule has 0 aliphatic carbocycles. The van der Waals surface area contributed by atoms with Gasteiger partial charge in [0.1, 0.15) is 5.75 Å². The molecular formula is C15H18N2O2. The number of hydrogen-bond donors (Lipinski definition) is 1. The first-order valence-electron chi connectivity index (χ1n) is 6.32. The van der Waals surface area contributed by atoms with Crippen LogP contribution in [-0.2, 0) is 0 Å². The number of rotatable bonds is 5. The van der Waals surface area contributed by atoms with Gasteiger partial charge in [-0.3, -0.25) is 0 Å². The summed E-state index contributed by atoms with van der Waals surface area (Å²) in [5.74, 6) is 1.86. The lowest BCUT2D eigenvalue weighted by atomic mass is 10.2. The Bertz CT molecular complexity index is 556. The Morgan fingerprint density at radius 1 is 1.21 bits per heavy atom. The fourth-order valence-corrected chi connectivity index (χ4v) is 1.67. The molecule has 0 aliphatic rings. The maximum atomic E-state index is 5.80. The number of ether oxygens (including phenoxy) is 2. The van der Waals surface area contributed by atoms with E-state index >= 15 is 0 Å². The maximum absolute atomic E-state index is 5.80. The molecule has 0 bridgehead atoms. The van der Waals surface area contributed by atoms with Gasteiger partial charge in [0.2, 0.25) is 0 Å². The van der Waals surface area contributed by atoms with E-state index in [1.807, 2.05) is 31.2 Å². The Morgan fingerprint density at radius 2 is 2.05 bits per heavy atom. The molecule has 0 aliphatic heterocycles. The number of benzene rings is 1. The summed E-state index contributed by atoms with van der Waals surface area (Å²) < 4.78 is 11.4. The van der Waals surface area contributed by atoms with Gasteiger partial charge in [-0.2, -0.15) is 0 Å². The molecule has 0 unspecified atom stereocenters. The van der Waals surface area contributed by atoms with Crippen molar-refractivity contribution in [2.24, 2.45) is 0 Å². The van der Waals surface area contributed by atoms with Crippen LogP contribution in [0.2, 0.25) is 0 Å². The summed E-state index contributed by atoms with van der Waals surface area (Å²) in [4.78, 5) is 4.21. The molecule has 1 aromatic carbocycles. The summed E-state index contributed by atoms with van der Waals surface area (Å²) in [5.41, 5.74) is 7.40. The van der Waals surface area contributed by atoms with Crippen molar-refractivity contribution in [3.8, 4) is 17.4 Å². The number of anilines is 1. The molecule has 1 heterocycles. The first-order chi connectivity index (χ1) is 9.20. The minimum absolute atomic E-state index is 0.476. The van der Waals surface area contributed by atoms with Gasteiger partial charge >= 0.3 is 0 Å². The van der Waals surface area contributed by atoms with Gasteiger partial charge in [0.25, 0.3) is 5.88 Å². The van der Waals surface area contributed by atoms with Crippen LogP contribution < -0.4 is 15.2 Å². The van der Waals surface area contributed by atoms with Gasteiger partial charge in [-0.15, -0.1) is 0 Å². The average Bonchev–Trinajstić information content (AvgIpc) is 2.41. The average molecular weight is 258 g/mol. The van der Waals surface area contributed by atoms with E-state index in [2.05, 4.69) is 11.9 Å².